The van der Waals surface area contributed by atoms with Gasteiger partial charge in [-0.25, -0.2) is 4.79 Å². The number of nitrogens with zero attached hydrogens (tertiary/aromatic N) is 1. The van der Waals surface area contributed by atoms with E-state index in [4.69, 9.17) is 11.6 Å². The number of carbonyl (C=O) groups is 2. The lowest BCUT2D eigenvalue weighted by Gasteiger charge is -2.08. The van der Waals surface area contributed by atoms with Crippen LogP contribution >= 0.6 is 11.6 Å². The molecule has 2 aromatic rings. The third-order valence-corrected chi connectivity index (χ3v) is 3.35. The number of halogens is 1. The Balaban J connectivity index is 1.98. The van der Waals surface area contributed by atoms with E-state index in [1.54, 1.807) is 24.5 Å². The first kappa shape index (κ1) is 16.0. The van der Waals surface area contributed by atoms with Gasteiger partial charge in [0.15, 0.2) is 0 Å². The van der Waals surface area contributed by atoms with E-state index >= 15 is 0 Å². The van der Waals surface area contributed by atoms with Crippen LogP contribution in [0, 0.1) is 0 Å². The SMILES string of the molecule is COC(=O)c1cc(NC(=O)CCc2cccnc2)ccc1Cl. The molecule has 0 unspecified atom stereocenters. The van der Waals surface area contributed by atoms with Gasteiger partial charge in [0.1, 0.15) is 0 Å². The number of esters is 1. The largest absolute Gasteiger partial charge is 0.465 e. The maximum Gasteiger partial charge on any atom is 0.339 e. The van der Waals surface area contributed by atoms with Crippen LogP contribution in [-0.2, 0) is 16.0 Å². The Morgan fingerprint density at radius 1 is 1.32 bits per heavy atom. The molecule has 0 fully saturated rings. The maximum atomic E-state index is 11.9. The second kappa shape index (κ2) is 7.56. The number of hydrogen-bond acceptors (Lipinski definition) is 4. The summed E-state index contributed by atoms with van der Waals surface area (Å²) in [6.45, 7) is 0. The fraction of sp³-hybridized carbons (Fsp3) is 0.188. The van der Waals surface area contributed by atoms with Crippen molar-refractivity contribution in [3.05, 3.63) is 58.9 Å². The summed E-state index contributed by atoms with van der Waals surface area (Å²) < 4.78 is 4.64. The molecule has 0 saturated heterocycles. The zero-order valence-electron chi connectivity index (χ0n) is 12.0. The third-order valence-electron chi connectivity index (χ3n) is 3.02. The quantitative estimate of drug-likeness (QED) is 0.860. The molecule has 0 spiro atoms. The molecule has 0 aliphatic rings. The minimum absolute atomic E-state index is 0.151. The normalized spacial score (nSPS) is 10.1. The molecule has 0 atom stereocenters. The fourth-order valence-electron chi connectivity index (χ4n) is 1.90. The molecule has 5 nitrogen and oxygen atoms in total. The molecule has 1 N–H and O–H groups in total. The number of amides is 1. The number of rotatable bonds is 5. The number of pyridine rings is 1. The first-order chi connectivity index (χ1) is 10.6. The average Bonchev–Trinajstić information content (AvgIpc) is 2.55. The van der Waals surface area contributed by atoms with Crippen molar-refractivity contribution >= 4 is 29.2 Å². The molecular weight excluding hydrogens is 304 g/mol. The Hall–Kier alpha value is -2.40. The lowest BCUT2D eigenvalue weighted by atomic mass is 10.1. The number of ether oxygens (including phenoxy) is 1. The highest BCUT2D eigenvalue weighted by Gasteiger charge is 2.12. The van der Waals surface area contributed by atoms with Gasteiger partial charge in [-0.3, -0.25) is 9.78 Å². The zero-order valence-corrected chi connectivity index (χ0v) is 12.8. The van der Waals surface area contributed by atoms with Gasteiger partial charge in [-0.15, -0.1) is 0 Å². The standard InChI is InChI=1S/C16H15ClN2O3/c1-22-16(21)13-9-12(5-6-14(13)17)19-15(20)7-4-11-3-2-8-18-10-11/h2-3,5-6,8-10H,4,7H2,1H3,(H,19,20). The Bertz CT molecular complexity index is 674. The van der Waals surface area contributed by atoms with Crippen molar-refractivity contribution in [3.8, 4) is 0 Å². The van der Waals surface area contributed by atoms with Crippen LogP contribution in [0.4, 0.5) is 5.69 Å². The van der Waals surface area contributed by atoms with Gasteiger partial charge in [-0.2, -0.15) is 0 Å². The molecule has 0 saturated carbocycles. The Labute approximate surface area is 133 Å². The molecule has 2 rings (SSSR count). The van der Waals surface area contributed by atoms with E-state index in [2.05, 4.69) is 15.0 Å². The first-order valence-corrected chi connectivity index (χ1v) is 7.04. The summed E-state index contributed by atoms with van der Waals surface area (Å²) in [5.41, 5.74) is 1.71. The van der Waals surface area contributed by atoms with E-state index in [0.29, 0.717) is 18.5 Å². The molecule has 0 aliphatic heterocycles. The second-order valence-corrected chi connectivity index (χ2v) is 5.00. The van der Waals surface area contributed by atoms with Crippen molar-refractivity contribution in [3.63, 3.8) is 0 Å². The van der Waals surface area contributed by atoms with Crippen LogP contribution in [0.5, 0.6) is 0 Å². The molecule has 1 amide bonds. The molecule has 0 radical (unpaired) electrons. The first-order valence-electron chi connectivity index (χ1n) is 6.67. The minimum Gasteiger partial charge on any atom is -0.465 e. The van der Waals surface area contributed by atoms with Crippen LogP contribution in [0.1, 0.15) is 22.3 Å². The number of hydrogen-bond donors (Lipinski definition) is 1. The monoisotopic (exact) mass is 318 g/mol. The van der Waals surface area contributed by atoms with Gasteiger partial charge in [0.05, 0.1) is 17.7 Å². The Kier molecular flexibility index (Phi) is 5.49. The second-order valence-electron chi connectivity index (χ2n) is 4.60. The number of nitrogens with one attached hydrogen (secondary N) is 1. The van der Waals surface area contributed by atoms with Gasteiger partial charge >= 0.3 is 5.97 Å². The predicted octanol–water partition coefficient (Wildman–Crippen LogP) is 3.09. The highest BCUT2D eigenvalue weighted by Crippen LogP contribution is 2.21. The fourth-order valence-corrected chi connectivity index (χ4v) is 2.09. The number of anilines is 1. The van der Waals surface area contributed by atoms with Crippen molar-refractivity contribution in [1.29, 1.82) is 0 Å². The molecule has 114 valence electrons. The minimum atomic E-state index is -0.545. The summed E-state index contributed by atoms with van der Waals surface area (Å²) in [6, 6.07) is 8.42. The topological polar surface area (TPSA) is 68.3 Å². The van der Waals surface area contributed by atoms with Crippen molar-refractivity contribution in [1.82, 2.24) is 4.98 Å². The lowest BCUT2D eigenvalue weighted by molar-refractivity contribution is -0.116. The Morgan fingerprint density at radius 3 is 2.82 bits per heavy atom. The van der Waals surface area contributed by atoms with Crippen molar-refractivity contribution in [2.24, 2.45) is 0 Å². The summed E-state index contributed by atoms with van der Waals surface area (Å²) in [5.74, 6) is -0.696. The summed E-state index contributed by atoms with van der Waals surface area (Å²) >= 11 is 5.93. The molecule has 1 aromatic carbocycles. The van der Waals surface area contributed by atoms with Crippen LogP contribution in [0.3, 0.4) is 0 Å². The van der Waals surface area contributed by atoms with Gasteiger partial charge in [0.2, 0.25) is 5.91 Å². The van der Waals surface area contributed by atoms with Gasteiger partial charge < -0.3 is 10.1 Å². The van der Waals surface area contributed by atoms with Crippen molar-refractivity contribution < 1.29 is 14.3 Å². The van der Waals surface area contributed by atoms with Crippen LogP contribution in [0.2, 0.25) is 5.02 Å². The van der Waals surface area contributed by atoms with Crippen LogP contribution in [0.15, 0.2) is 42.7 Å². The number of benzene rings is 1. The number of carbonyl (C=O) groups excluding carboxylic acids is 2. The Morgan fingerprint density at radius 2 is 2.14 bits per heavy atom. The maximum absolute atomic E-state index is 11.9. The molecule has 0 aliphatic carbocycles. The van der Waals surface area contributed by atoms with Crippen LogP contribution < -0.4 is 5.32 Å². The number of methoxy groups -OCH3 is 1. The molecule has 6 heteroatoms. The highest BCUT2D eigenvalue weighted by molar-refractivity contribution is 6.33. The lowest BCUT2D eigenvalue weighted by Crippen LogP contribution is -2.13. The van der Waals surface area contributed by atoms with Crippen LogP contribution in [-0.4, -0.2) is 24.0 Å². The third kappa shape index (κ3) is 4.30. The molecule has 0 bridgehead atoms. The number of aromatic nitrogens is 1. The predicted molar refractivity (Wildman–Crippen MR) is 84.0 cm³/mol. The summed E-state index contributed by atoms with van der Waals surface area (Å²) in [6.07, 6.45) is 4.33. The summed E-state index contributed by atoms with van der Waals surface area (Å²) in [4.78, 5) is 27.5. The molecule has 1 aromatic heterocycles. The highest BCUT2D eigenvalue weighted by atomic mass is 35.5. The van der Waals surface area contributed by atoms with E-state index in [1.165, 1.54) is 13.2 Å². The van der Waals surface area contributed by atoms with Crippen molar-refractivity contribution in [2.75, 3.05) is 12.4 Å². The van der Waals surface area contributed by atoms with E-state index in [1.807, 2.05) is 12.1 Å². The van der Waals surface area contributed by atoms with E-state index in [0.717, 1.165) is 5.56 Å². The smallest absolute Gasteiger partial charge is 0.339 e. The van der Waals surface area contributed by atoms with Gasteiger partial charge in [-0.1, -0.05) is 17.7 Å². The van der Waals surface area contributed by atoms with Crippen molar-refractivity contribution in [2.45, 2.75) is 12.8 Å². The molecular formula is C16H15ClN2O3. The van der Waals surface area contributed by atoms with Crippen LogP contribution in [0.25, 0.3) is 0 Å². The number of aryl methyl sites for hydroxylation is 1. The van der Waals surface area contributed by atoms with E-state index < -0.39 is 5.97 Å². The summed E-state index contributed by atoms with van der Waals surface area (Å²) in [5, 5.41) is 3.01. The van der Waals surface area contributed by atoms with E-state index in [-0.39, 0.29) is 16.5 Å². The summed E-state index contributed by atoms with van der Waals surface area (Å²) in [7, 11) is 1.28. The molecule has 22 heavy (non-hydrogen) atoms. The molecule has 1 heterocycles. The van der Waals surface area contributed by atoms with E-state index in [9.17, 15) is 9.59 Å². The zero-order chi connectivity index (χ0) is 15.9. The van der Waals surface area contributed by atoms with Gasteiger partial charge in [0.25, 0.3) is 0 Å². The average molecular weight is 319 g/mol. The van der Waals surface area contributed by atoms with Gasteiger partial charge in [-0.05, 0) is 36.2 Å². The van der Waals surface area contributed by atoms with Gasteiger partial charge in [0, 0.05) is 24.5 Å².